The van der Waals surface area contributed by atoms with E-state index in [4.69, 9.17) is 10.5 Å². The number of rotatable bonds is 6. The number of ether oxygens (including phenoxy) is 1. The Morgan fingerprint density at radius 2 is 2.16 bits per heavy atom. The van der Waals surface area contributed by atoms with Crippen LogP contribution in [0.4, 0.5) is 11.6 Å². The van der Waals surface area contributed by atoms with Gasteiger partial charge in [-0.1, -0.05) is 6.08 Å². The molecule has 25 heavy (non-hydrogen) atoms. The maximum atomic E-state index is 5.55. The SMILES string of the molecule is NCCOC1=CC=C(c2nc(Nc3ccc4[nH]ncc4c3)n[nH]2)CC1. The van der Waals surface area contributed by atoms with Gasteiger partial charge in [-0.2, -0.15) is 10.1 Å². The maximum absolute atomic E-state index is 5.55. The number of nitrogens with zero attached hydrogens (tertiary/aromatic N) is 3. The van der Waals surface area contributed by atoms with Crippen LogP contribution >= 0.6 is 0 Å². The van der Waals surface area contributed by atoms with Crippen LogP contribution in [-0.4, -0.2) is 38.5 Å². The molecule has 2 heterocycles. The average molecular weight is 337 g/mol. The molecule has 8 heteroatoms. The van der Waals surface area contributed by atoms with Gasteiger partial charge in [0.2, 0.25) is 5.95 Å². The van der Waals surface area contributed by atoms with Crippen molar-refractivity contribution in [1.29, 1.82) is 0 Å². The topological polar surface area (TPSA) is 118 Å². The zero-order chi connectivity index (χ0) is 17.1. The van der Waals surface area contributed by atoms with Crippen LogP contribution in [0.5, 0.6) is 0 Å². The summed E-state index contributed by atoms with van der Waals surface area (Å²) in [6.07, 6.45) is 7.46. The summed E-state index contributed by atoms with van der Waals surface area (Å²) in [6.45, 7) is 1.07. The standard InChI is InChI=1S/C17H19N7O/c18-7-8-25-14-4-1-11(2-5-14)16-21-17(24-23-16)20-13-3-6-15-12(9-13)10-19-22-15/h1,3-4,6,9-10H,2,5,7-8,18H2,(H,19,22)(H2,20,21,23,24). The van der Waals surface area contributed by atoms with Gasteiger partial charge < -0.3 is 15.8 Å². The molecule has 0 bridgehead atoms. The predicted octanol–water partition coefficient (Wildman–Crippen LogP) is 2.46. The second-order valence-corrected chi connectivity index (χ2v) is 5.77. The molecule has 1 aromatic carbocycles. The van der Waals surface area contributed by atoms with E-state index in [0.29, 0.717) is 19.1 Å². The molecule has 0 saturated carbocycles. The Kier molecular flexibility index (Phi) is 4.17. The van der Waals surface area contributed by atoms with E-state index in [0.717, 1.165) is 46.6 Å². The first kappa shape index (κ1) is 15.4. The molecule has 0 unspecified atom stereocenters. The number of anilines is 2. The molecule has 0 aliphatic heterocycles. The minimum atomic E-state index is 0.523. The van der Waals surface area contributed by atoms with Crippen molar-refractivity contribution in [2.45, 2.75) is 12.8 Å². The Bertz CT molecular complexity index is 937. The Morgan fingerprint density at radius 1 is 1.20 bits per heavy atom. The number of nitrogens with two attached hydrogens (primary N) is 1. The predicted molar refractivity (Wildman–Crippen MR) is 96.1 cm³/mol. The number of aromatic nitrogens is 5. The van der Waals surface area contributed by atoms with Crippen molar-refractivity contribution in [3.63, 3.8) is 0 Å². The quantitative estimate of drug-likeness (QED) is 0.549. The smallest absolute Gasteiger partial charge is 0.246 e. The molecule has 0 amide bonds. The van der Waals surface area contributed by atoms with Gasteiger partial charge in [-0.3, -0.25) is 10.2 Å². The summed E-state index contributed by atoms with van der Waals surface area (Å²) < 4.78 is 5.55. The van der Waals surface area contributed by atoms with Gasteiger partial charge in [-0.25, -0.2) is 0 Å². The fourth-order valence-electron chi connectivity index (χ4n) is 2.74. The molecule has 1 aliphatic rings. The summed E-state index contributed by atoms with van der Waals surface area (Å²) in [5.74, 6) is 2.26. The summed E-state index contributed by atoms with van der Waals surface area (Å²) in [6, 6.07) is 5.92. The molecular weight excluding hydrogens is 318 g/mol. The van der Waals surface area contributed by atoms with Crippen molar-refractivity contribution in [3.8, 4) is 0 Å². The van der Waals surface area contributed by atoms with Crippen molar-refractivity contribution in [2.24, 2.45) is 5.73 Å². The summed E-state index contributed by atoms with van der Waals surface area (Å²) in [4.78, 5) is 4.52. The number of nitrogens with one attached hydrogen (secondary N) is 3. The van der Waals surface area contributed by atoms with Crippen molar-refractivity contribution >= 4 is 28.1 Å². The van der Waals surface area contributed by atoms with Gasteiger partial charge in [0.1, 0.15) is 0 Å². The third kappa shape index (κ3) is 3.38. The molecule has 0 atom stereocenters. The summed E-state index contributed by atoms with van der Waals surface area (Å²) in [5, 5.41) is 18.4. The van der Waals surface area contributed by atoms with Crippen LogP contribution < -0.4 is 11.1 Å². The van der Waals surface area contributed by atoms with Crippen LogP contribution in [0.15, 0.2) is 42.3 Å². The molecule has 5 N–H and O–H groups in total. The van der Waals surface area contributed by atoms with Gasteiger partial charge in [-0.05, 0) is 36.3 Å². The molecule has 1 aliphatic carbocycles. The molecular formula is C17H19N7O. The molecule has 8 nitrogen and oxygen atoms in total. The molecule has 128 valence electrons. The van der Waals surface area contributed by atoms with Gasteiger partial charge in [0.25, 0.3) is 0 Å². The van der Waals surface area contributed by atoms with E-state index >= 15 is 0 Å². The van der Waals surface area contributed by atoms with Gasteiger partial charge in [0, 0.05) is 24.0 Å². The normalized spacial score (nSPS) is 14.3. The zero-order valence-corrected chi connectivity index (χ0v) is 13.6. The van der Waals surface area contributed by atoms with E-state index in [9.17, 15) is 0 Å². The molecule has 4 rings (SSSR count). The van der Waals surface area contributed by atoms with Crippen LogP contribution in [0.25, 0.3) is 16.5 Å². The van der Waals surface area contributed by atoms with Gasteiger partial charge in [-0.15, -0.1) is 5.10 Å². The lowest BCUT2D eigenvalue weighted by Gasteiger charge is -2.13. The highest BCUT2D eigenvalue weighted by atomic mass is 16.5. The number of allylic oxidation sites excluding steroid dienone is 4. The van der Waals surface area contributed by atoms with Gasteiger partial charge >= 0.3 is 0 Å². The minimum absolute atomic E-state index is 0.523. The number of benzene rings is 1. The first-order valence-corrected chi connectivity index (χ1v) is 8.17. The average Bonchev–Trinajstić information content (AvgIpc) is 3.29. The fraction of sp³-hybridized carbons (Fsp3) is 0.235. The van der Waals surface area contributed by atoms with E-state index < -0.39 is 0 Å². The van der Waals surface area contributed by atoms with Crippen molar-refractivity contribution in [1.82, 2.24) is 25.4 Å². The number of hydrogen-bond acceptors (Lipinski definition) is 6. The highest BCUT2D eigenvalue weighted by Gasteiger charge is 2.13. The third-order valence-corrected chi connectivity index (χ3v) is 4.00. The second-order valence-electron chi connectivity index (χ2n) is 5.77. The Hall–Kier alpha value is -3.13. The van der Waals surface area contributed by atoms with E-state index in [-0.39, 0.29) is 0 Å². The Balaban J connectivity index is 1.47. The van der Waals surface area contributed by atoms with Crippen LogP contribution in [0, 0.1) is 0 Å². The Labute approximate surface area is 144 Å². The number of H-pyrrole nitrogens is 2. The highest BCUT2D eigenvalue weighted by molar-refractivity contribution is 5.82. The molecule has 0 radical (unpaired) electrons. The minimum Gasteiger partial charge on any atom is -0.497 e. The lowest BCUT2D eigenvalue weighted by atomic mass is 10.0. The summed E-state index contributed by atoms with van der Waals surface area (Å²) in [7, 11) is 0. The molecule has 0 fully saturated rings. The Morgan fingerprint density at radius 3 is 3.00 bits per heavy atom. The van der Waals surface area contributed by atoms with Crippen LogP contribution in [0.3, 0.4) is 0 Å². The van der Waals surface area contributed by atoms with Gasteiger partial charge in [0.05, 0.1) is 24.1 Å². The first-order chi connectivity index (χ1) is 12.3. The number of fused-ring (bicyclic) bond motifs is 1. The first-order valence-electron chi connectivity index (χ1n) is 8.17. The summed E-state index contributed by atoms with van der Waals surface area (Å²) >= 11 is 0. The van der Waals surface area contributed by atoms with E-state index in [1.54, 1.807) is 6.20 Å². The van der Waals surface area contributed by atoms with Crippen molar-refractivity contribution in [2.75, 3.05) is 18.5 Å². The zero-order valence-electron chi connectivity index (χ0n) is 13.6. The van der Waals surface area contributed by atoms with Crippen molar-refractivity contribution < 1.29 is 4.74 Å². The van der Waals surface area contributed by atoms with E-state index in [2.05, 4.69) is 30.7 Å². The molecule has 2 aromatic heterocycles. The maximum Gasteiger partial charge on any atom is 0.246 e. The highest BCUT2D eigenvalue weighted by Crippen LogP contribution is 2.26. The molecule has 0 saturated heterocycles. The van der Waals surface area contributed by atoms with Gasteiger partial charge in [0.15, 0.2) is 5.82 Å². The largest absolute Gasteiger partial charge is 0.497 e. The fourth-order valence-corrected chi connectivity index (χ4v) is 2.74. The lowest BCUT2D eigenvalue weighted by molar-refractivity contribution is 0.210. The monoisotopic (exact) mass is 337 g/mol. The summed E-state index contributed by atoms with van der Waals surface area (Å²) in [5.41, 5.74) is 8.46. The molecule has 3 aromatic rings. The number of hydrogen-bond donors (Lipinski definition) is 4. The molecule has 0 spiro atoms. The number of aromatic amines is 2. The third-order valence-electron chi connectivity index (χ3n) is 4.00. The van der Waals surface area contributed by atoms with Crippen molar-refractivity contribution in [3.05, 3.63) is 48.1 Å². The van der Waals surface area contributed by atoms with Crippen LogP contribution in [0.2, 0.25) is 0 Å². The van der Waals surface area contributed by atoms with E-state index in [1.165, 1.54) is 0 Å². The van der Waals surface area contributed by atoms with Crippen LogP contribution in [-0.2, 0) is 4.74 Å². The van der Waals surface area contributed by atoms with Crippen LogP contribution in [0.1, 0.15) is 18.7 Å². The second kappa shape index (κ2) is 6.78. The van der Waals surface area contributed by atoms with E-state index in [1.807, 2.05) is 30.4 Å². The lowest BCUT2D eigenvalue weighted by Crippen LogP contribution is -2.09.